The van der Waals surface area contributed by atoms with Gasteiger partial charge >= 0.3 is 0 Å². The third-order valence-electron chi connectivity index (χ3n) is 2.94. The minimum absolute atomic E-state index is 0.0181. The zero-order valence-corrected chi connectivity index (χ0v) is 11.2. The van der Waals surface area contributed by atoms with E-state index in [1.54, 1.807) is 12.1 Å². The Bertz CT molecular complexity index is 592. The Kier molecular flexibility index (Phi) is 4.50. The van der Waals surface area contributed by atoms with E-state index in [2.05, 4.69) is 10.6 Å². The first kappa shape index (κ1) is 13.8. The lowest BCUT2D eigenvalue weighted by atomic mass is 10.0. The molecular formula is C16H16N2O2. The van der Waals surface area contributed by atoms with Crippen molar-refractivity contribution in [3.05, 3.63) is 60.2 Å². The van der Waals surface area contributed by atoms with Crippen LogP contribution in [0.3, 0.4) is 0 Å². The minimum atomic E-state index is -0.256. The fourth-order valence-electron chi connectivity index (χ4n) is 1.80. The van der Waals surface area contributed by atoms with Crippen LogP contribution in [0.4, 0.5) is 0 Å². The summed E-state index contributed by atoms with van der Waals surface area (Å²) in [5, 5.41) is 5.01. The van der Waals surface area contributed by atoms with Gasteiger partial charge in [0.15, 0.2) is 0 Å². The zero-order chi connectivity index (χ0) is 14.4. The number of carbonyl (C=O) groups is 2. The third kappa shape index (κ3) is 3.45. The van der Waals surface area contributed by atoms with Gasteiger partial charge in [0.25, 0.3) is 5.91 Å². The van der Waals surface area contributed by atoms with Gasteiger partial charge in [-0.15, -0.1) is 0 Å². The second-order valence-electron chi connectivity index (χ2n) is 4.30. The SMILES string of the molecule is CNC(=O)CNC(=O)c1ccc(-c2ccccc2)cc1. The fraction of sp³-hybridized carbons (Fsp3) is 0.125. The van der Waals surface area contributed by atoms with E-state index in [1.807, 2.05) is 42.5 Å². The Hall–Kier alpha value is -2.62. The van der Waals surface area contributed by atoms with Gasteiger partial charge in [0.05, 0.1) is 6.54 Å². The van der Waals surface area contributed by atoms with Gasteiger partial charge in [0.2, 0.25) is 5.91 Å². The van der Waals surface area contributed by atoms with Gasteiger partial charge in [0.1, 0.15) is 0 Å². The summed E-state index contributed by atoms with van der Waals surface area (Å²) in [5.41, 5.74) is 2.69. The Morgan fingerprint density at radius 2 is 1.50 bits per heavy atom. The van der Waals surface area contributed by atoms with Crippen LogP contribution in [0.15, 0.2) is 54.6 Å². The maximum absolute atomic E-state index is 11.8. The van der Waals surface area contributed by atoms with Crippen LogP contribution in [0.1, 0.15) is 10.4 Å². The highest BCUT2D eigenvalue weighted by molar-refractivity contribution is 5.96. The number of likely N-dealkylation sites (N-methyl/N-ethyl adjacent to an activating group) is 1. The second-order valence-corrected chi connectivity index (χ2v) is 4.30. The molecule has 2 aromatic rings. The van der Waals surface area contributed by atoms with Crippen molar-refractivity contribution in [2.24, 2.45) is 0 Å². The molecule has 0 bridgehead atoms. The molecule has 0 saturated heterocycles. The largest absolute Gasteiger partial charge is 0.358 e. The molecule has 0 spiro atoms. The summed E-state index contributed by atoms with van der Waals surface area (Å²) in [6.45, 7) is -0.0181. The number of hydrogen-bond acceptors (Lipinski definition) is 2. The molecule has 0 heterocycles. The molecule has 4 heteroatoms. The summed E-state index contributed by atoms with van der Waals surface area (Å²) in [7, 11) is 1.53. The molecule has 4 nitrogen and oxygen atoms in total. The molecule has 0 radical (unpaired) electrons. The van der Waals surface area contributed by atoms with E-state index >= 15 is 0 Å². The van der Waals surface area contributed by atoms with Crippen LogP contribution in [0.25, 0.3) is 11.1 Å². The lowest BCUT2D eigenvalue weighted by molar-refractivity contribution is -0.119. The Morgan fingerprint density at radius 3 is 2.10 bits per heavy atom. The van der Waals surface area contributed by atoms with Crippen molar-refractivity contribution in [1.29, 1.82) is 0 Å². The fourth-order valence-corrected chi connectivity index (χ4v) is 1.80. The van der Waals surface area contributed by atoms with E-state index in [4.69, 9.17) is 0 Å². The van der Waals surface area contributed by atoms with Gasteiger partial charge in [0, 0.05) is 12.6 Å². The van der Waals surface area contributed by atoms with Crippen molar-refractivity contribution in [3.63, 3.8) is 0 Å². The number of amides is 2. The molecule has 0 atom stereocenters. The molecule has 2 N–H and O–H groups in total. The molecule has 0 aliphatic carbocycles. The van der Waals surface area contributed by atoms with E-state index < -0.39 is 0 Å². The predicted octanol–water partition coefficient (Wildman–Crippen LogP) is 1.83. The van der Waals surface area contributed by atoms with Crippen LogP contribution < -0.4 is 10.6 Å². The average molecular weight is 268 g/mol. The molecule has 102 valence electrons. The monoisotopic (exact) mass is 268 g/mol. The van der Waals surface area contributed by atoms with Gasteiger partial charge in [-0.1, -0.05) is 42.5 Å². The molecule has 0 aromatic heterocycles. The number of hydrogen-bond donors (Lipinski definition) is 2. The molecule has 2 aromatic carbocycles. The van der Waals surface area contributed by atoms with Crippen LogP contribution in [-0.2, 0) is 4.79 Å². The quantitative estimate of drug-likeness (QED) is 0.888. The van der Waals surface area contributed by atoms with Crippen molar-refractivity contribution < 1.29 is 9.59 Å². The molecule has 0 unspecified atom stereocenters. The molecule has 20 heavy (non-hydrogen) atoms. The summed E-state index contributed by atoms with van der Waals surface area (Å²) in [6, 6.07) is 17.2. The van der Waals surface area contributed by atoms with Gasteiger partial charge in [-0.3, -0.25) is 9.59 Å². The van der Waals surface area contributed by atoms with E-state index in [0.717, 1.165) is 11.1 Å². The van der Waals surface area contributed by atoms with Crippen molar-refractivity contribution in [2.45, 2.75) is 0 Å². The normalized spacial score (nSPS) is 9.85. The number of rotatable bonds is 4. The van der Waals surface area contributed by atoms with Crippen molar-refractivity contribution in [1.82, 2.24) is 10.6 Å². The second kappa shape index (κ2) is 6.52. The lowest BCUT2D eigenvalue weighted by Crippen LogP contribution is -2.35. The highest BCUT2D eigenvalue weighted by Crippen LogP contribution is 2.19. The third-order valence-corrected chi connectivity index (χ3v) is 2.94. The standard InChI is InChI=1S/C16H16N2O2/c1-17-15(19)11-18-16(20)14-9-7-13(8-10-14)12-5-3-2-4-6-12/h2-10H,11H2,1H3,(H,17,19)(H,18,20). The van der Waals surface area contributed by atoms with Gasteiger partial charge in [-0.25, -0.2) is 0 Å². The van der Waals surface area contributed by atoms with Crippen LogP contribution in [0.2, 0.25) is 0 Å². The summed E-state index contributed by atoms with van der Waals surface area (Å²) in [5.74, 6) is -0.479. The Balaban J connectivity index is 2.05. The summed E-state index contributed by atoms with van der Waals surface area (Å²) in [6.07, 6.45) is 0. The first-order valence-corrected chi connectivity index (χ1v) is 6.35. The van der Waals surface area contributed by atoms with E-state index in [-0.39, 0.29) is 18.4 Å². The molecule has 0 fully saturated rings. The lowest BCUT2D eigenvalue weighted by Gasteiger charge is -2.06. The Labute approximate surface area is 117 Å². The maximum Gasteiger partial charge on any atom is 0.251 e. The summed E-state index contributed by atoms with van der Waals surface area (Å²) in [4.78, 5) is 22.9. The first-order chi connectivity index (χ1) is 9.70. The highest BCUT2D eigenvalue weighted by Gasteiger charge is 2.07. The molecule has 0 saturated carbocycles. The maximum atomic E-state index is 11.8. The van der Waals surface area contributed by atoms with Gasteiger partial charge < -0.3 is 10.6 Å². The van der Waals surface area contributed by atoms with E-state index in [9.17, 15) is 9.59 Å². The van der Waals surface area contributed by atoms with Crippen LogP contribution in [0.5, 0.6) is 0 Å². The zero-order valence-electron chi connectivity index (χ0n) is 11.2. The van der Waals surface area contributed by atoms with Gasteiger partial charge in [-0.2, -0.15) is 0 Å². The Morgan fingerprint density at radius 1 is 0.900 bits per heavy atom. The predicted molar refractivity (Wildman–Crippen MR) is 78.3 cm³/mol. The summed E-state index contributed by atoms with van der Waals surface area (Å²) >= 11 is 0. The van der Waals surface area contributed by atoms with Crippen LogP contribution in [0, 0.1) is 0 Å². The van der Waals surface area contributed by atoms with E-state index in [0.29, 0.717) is 5.56 Å². The molecular weight excluding hydrogens is 252 g/mol. The average Bonchev–Trinajstić information content (AvgIpc) is 2.53. The van der Waals surface area contributed by atoms with Crippen LogP contribution >= 0.6 is 0 Å². The highest BCUT2D eigenvalue weighted by atomic mass is 16.2. The molecule has 0 aliphatic rings. The van der Waals surface area contributed by atoms with Gasteiger partial charge in [-0.05, 0) is 23.3 Å². The smallest absolute Gasteiger partial charge is 0.251 e. The van der Waals surface area contributed by atoms with Crippen molar-refractivity contribution in [3.8, 4) is 11.1 Å². The topological polar surface area (TPSA) is 58.2 Å². The van der Waals surface area contributed by atoms with E-state index in [1.165, 1.54) is 7.05 Å². The minimum Gasteiger partial charge on any atom is -0.358 e. The molecule has 2 amide bonds. The van der Waals surface area contributed by atoms with Crippen LogP contribution in [-0.4, -0.2) is 25.4 Å². The molecule has 2 rings (SSSR count). The molecule has 0 aliphatic heterocycles. The first-order valence-electron chi connectivity index (χ1n) is 6.35. The number of nitrogens with one attached hydrogen (secondary N) is 2. The summed E-state index contributed by atoms with van der Waals surface area (Å²) < 4.78 is 0. The van der Waals surface area contributed by atoms with Crippen molar-refractivity contribution in [2.75, 3.05) is 13.6 Å². The number of benzene rings is 2. The number of carbonyl (C=O) groups excluding carboxylic acids is 2. The van der Waals surface area contributed by atoms with Crippen molar-refractivity contribution >= 4 is 11.8 Å².